The number of nitrogens with zero attached hydrogens (tertiary/aromatic N) is 1. The predicted octanol–water partition coefficient (Wildman–Crippen LogP) is 1.34. The van der Waals surface area contributed by atoms with Crippen LogP contribution in [-0.4, -0.2) is 36.6 Å². The van der Waals surface area contributed by atoms with Gasteiger partial charge in [-0.2, -0.15) is 13.2 Å². The van der Waals surface area contributed by atoms with Gasteiger partial charge >= 0.3 is 6.18 Å². The summed E-state index contributed by atoms with van der Waals surface area (Å²) in [5, 5.41) is 8.92. The van der Waals surface area contributed by atoms with Gasteiger partial charge in [0.25, 0.3) is 0 Å². The third-order valence-electron chi connectivity index (χ3n) is 3.74. The van der Waals surface area contributed by atoms with Crippen LogP contribution in [0.2, 0.25) is 0 Å². The molecule has 0 spiro atoms. The average Bonchev–Trinajstić information content (AvgIpc) is 2.47. The Morgan fingerprint density at radius 3 is 2.71 bits per heavy atom. The fourth-order valence-electron chi connectivity index (χ4n) is 2.41. The van der Waals surface area contributed by atoms with Crippen molar-refractivity contribution in [3.05, 3.63) is 29.8 Å². The second kappa shape index (κ2) is 6.16. The van der Waals surface area contributed by atoms with E-state index in [0.29, 0.717) is 24.3 Å². The van der Waals surface area contributed by atoms with E-state index < -0.39 is 11.7 Å². The van der Waals surface area contributed by atoms with Crippen molar-refractivity contribution in [2.45, 2.75) is 12.2 Å². The lowest BCUT2D eigenvalue weighted by atomic mass is 10.1. The van der Waals surface area contributed by atoms with E-state index >= 15 is 0 Å². The molecule has 1 amide bonds. The highest BCUT2D eigenvalue weighted by molar-refractivity contribution is 5.95. The number of hydrogen-bond donors (Lipinski definition) is 4. The van der Waals surface area contributed by atoms with Crippen molar-refractivity contribution in [2.24, 2.45) is 0 Å². The Kier molecular flexibility index (Phi) is 4.18. The molecule has 128 valence electrons. The quantitative estimate of drug-likeness (QED) is 0.675. The molecule has 1 fully saturated rings. The zero-order chi connectivity index (χ0) is 17.3. The number of benzene rings is 1. The first-order chi connectivity index (χ1) is 11.3. The highest BCUT2D eigenvalue weighted by atomic mass is 19.4. The van der Waals surface area contributed by atoms with Gasteiger partial charge < -0.3 is 21.7 Å². The van der Waals surface area contributed by atoms with Crippen LogP contribution in [0.3, 0.4) is 0 Å². The molecule has 1 saturated heterocycles. The van der Waals surface area contributed by atoms with E-state index in [2.05, 4.69) is 20.9 Å². The number of carbonyl (C=O) groups is 1. The fraction of sp³-hybridized carbons (Fsp3) is 0.333. The van der Waals surface area contributed by atoms with E-state index in [1.54, 1.807) is 0 Å². The molecule has 24 heavy (non-hydrogen) atoms. The number of rotatable bonds is 4. The number of nitrogens with one attached hydrogen (secondary N) is 3. The summed E-state index contributed by atoms with van der Waals surface area (Å²) in [5.41, 5.74) is 5.57. The topological polar surface area (TPSA) is 92.1 Å². The number of halogens is 3. The maximum Gasteiger partial charge on any atom is 0.416 e. The summed E-state index contributed by atoms with van der Waals surface area (Å²) < 4.78 is 38.7. The molecular weight excluding hydrogens is 323 g/mol. The summed E-state index contributed by atoms with van der Waals surface area (Å²) in [6, 6.07) is 4.73. The van der Waals surface area contributed by atoms with Crippen molar-refractivity contribution < 1.29 is 18.0 Å². The maximum atomic E-state index is 12.9. The van der Waals surface area contributed by atoms with Crippen molar-refractivity contribution in [1.29, 1.82) is 0 Å². The van der Waals surface area contributed by atoms with Gasteiger partial charge in [0.15, 0.2) is 0 Å². The molecule has 5 N–H and O–H groups in total. The Balaban J connectivity index is 1.83. The minimum Gasteiger partial charge on any atom is -0.384 e. The summed E-state index contributed by atoms with van der Waals surface area (Å²) in [7, 11) is 0. The molecule has 0 unspecified atom stereocenters. The first kappa shape index (κ1) is 16.3. The van der Waals surface area contributed by atoms with Gasteiger partial charge in [-0.05, 0) is 18.2 Å². The van der Waals surface area contributed by atoms with Crippen molar-refractivity contribution in [3.63, 3.8) is 0 Å². The second-order valence-electron chi connectivity index (χ2n) is 5.60. The van der Waals surface area contributed by atoms with Crippen LogP contribution in [0, 0.1) is 0 Å². The number of alkyl halides is 3. The van der Waals surface area contributed by atoms with Crippen LogP contribution in [-0.2, 0) is 11.0 Å². The zero-order valence-electron chi connectivity index (χ0n) is 12.6. The van der Waals surface area contributed by atoms with Crippen LogP contribution < -0.4 is 21.7 Å². The lowest BCUT2D eigenvalue weighted by Gasteiger charge is -2.28. The molecule has 3 rings (SSSR count). The zero-order valence-corrected chi connectivity index (χ0v) is 12.6. The second-order valence-corrected chi connectivity index (χ2v) is 5.60. The number of hydrogen-bond acceptors (Lipinski definition) is 5. The first-order valence-electron chi connectivity index (χ1n) is 7.34. The normalized spacial score (nSPS) is 15.1. The van der Waals surface area contributed by atoms with E-state index in [9.17, 15) is 18.0 Å². The summed E-state index contributed by atoms with van der Waals surface area (Å²) in [6.07, 6.45) is -4.46. The molecule has 6 nitrogen and oxygen atoms in total. The molecular formula is C15H16F3N5O. The van der Waals surface area contributed by atoms with Crippen LogP contribution in [0.4, 0.5) is 24.7 Å². The Hall–Kier alpha value is -2.55. The molecule has 2 heterocycles. The first-order valence-corrected chi connectivity index (χ1v) is 7.34. The van der Waals surface area contributed by atoms with E-state index in [-0.39, 0.29) is 29.7 Å². The van der Waals surface area contributed by atoms with Crippen LogP contribution in [0.25, 0.3) is 10.9 Å². The summed E-state index contributed by atoms with van der Waals surface area (Å²) in [5.74, 6) is -0.0784. The van der Waals surface area contributed by atoms with Crippen LogP contribution in [0.15, 0.2) is 24.3 Å². The van der Waals surface area contributed by atoms with Crippen molar-refractivity contribution in [2.75, 3.05) is 30.7 Å². The highest BCUT2D eigenvalue weighted by Crippen LogP contribution is 2.33. The van der Waals surface area contributed by atoms with Gasteiger partial charge in [0.1, 0.15) is 5.82 Å². The molecule has 1 aliphatic heterocycles. The SMILES string of the molecule is Nc1cc(NCC(=O)NC2CNC2)c2cc(C(F)(F)F)ccc2n1. The highest BCUT2D eigenvalue weighted by Gasteiger charge is 2.30. The average molecular weight is 339 g/mol. The van der Waals surface area contributed by atoms with Gasteiger partial charge in [-0.25, -0.2) is 4.98 Å². The molecule has 0 atom stereocenters. The smallest absolute Gasteiger partial charge is 0.384 e. The van der Waals surface area contributed by atoms with Gasteiger partial charge in [-0.15, -0.1) is 0 Å². The maximum absolute atomic E-state index is 12.9. The molecule has 1 aromatic carbocycles. The van der Waals surface area contributed by atoms with Gasteiger partial charge in [0.05, 0.1) is 23.7 Å². The largest absolute Gasteiger partial charge is 0.416 e. The number of carbonyl (C=O) groups excluding carboxylic acids is 1. The Labute approximate surface area is 135 Å². The molecule has 0 aliphatic carbocycles. The molecule has 1 aromatic heterocycles. The number of amides is 1. The Morgan fingerprint density at radius 2 is 2.08 bits per heavy atom. The van der Waals surface area contributed by atoms with Crippen molar-refractivity contribution in [1.82, 2.24) is 15.6 Å². The standard InChI is InChI=1S/C15H16F3N5O/c16-15(17,18)8-1-2-11-10(3-8)12(4-13(19)23-11)21-7-14(24)22-9-5-20-6-9/h1-4,9,20H,5-7H2,(H,22,24)(H3,19,21,23). The van der Waals surface area contributed by atoms with Gasteiger partial charge in [0, 0.05) is 30.2 Å². The number of aromatic nitrogens is 1. The third-order valence-corrected chi connectivity index (χ3v) is 3.74. The van der Waals surface area contributed by atoms with Gasteiger partial charge in [0.2, 0.25) is 5.91 Å². The molecule has 1 aliphatic rings. The lowest BCUT2D eigenvalue weighted by molar-refractivity contribution is -0.137. The molecule has 2 aromatic rings. The summed E-state index contributed by atoms with van der Waals surface area (Å²) in [6.45, 7) is 1.36. The molecule has 9 heteroatoms. The summed E-state index contributed by atoms with van der Waals surface area (Å²) >= 11 is 0. The monoisotopic (exact) mass is 339 g/mol. The van der Waals surface area contributed by atoms with Gasteiger partial charge in [-0.3, -0.25) is 4.79 Å². The molecule has 0 bridgehead atoms. The Bertz CT molecular complexity index is 774. The van der Waals surface area contributed by atoms with E-state index in [1.165, 1.54) is 12.1 Å². The van der Waals surface area contributed by atoms with Crippen LogP contribution in [0.5, 0.6) is 0 Å². The van der Waals surface area contributed by atoms with Crippen molar-refractivity contribution in [3.8, 4) is 0 Å². The number of fused-ring (bicyclic) bond motifs is 1. The van der Waals surface area contributed by atoms with Crippen LogP contribution in [0.1, 0.15) is 5.56 Å². The lowest BCUT2D eigenvalue weighted by Crippen LogP contribution is -2.57. The van der Waals surface area contributed by atoms with Gasteiger partial charge in [-0.1, -0.05) is 0 Å². The molecule has 0 saturated carbocycles. The fourth-order valence-corrected chi connectivity index (χ4v) is 2.41. The van der Waals surface area contributed by atoms with Crippen LogP contribution >= 0.6 is 0 Å². The minimum absolute atomic E-state index is 0.0642. The molecule has 0 radical (unpaired) electrons. The van der Waals surface area contributed by atoms with E-state index in [1.807, 2.05) is 0 Å². The van der Waals surface area contributed by atoms with E-state index in [0.717, 1.165) is 12.1 Å². The minimum atomic E-state index is -4.46. The number of nitrogens with two attached hydrogens (primary N) is 1. The van der Waals surface area contributed by atoms with E-state index in [4.69, 9.17) is 5.73 Å². The number of nitrogen functional groups attached to an aromatic ring is 1. The predicted molar refractivity (Wildman–Crippen MR) is 84.4 cm³/mol. The third kappa shape index (κ3) is 3.51. The summed E-state index contributed by atoms with van der Waals surface area (Å²) in [4.78, 5) is 15.9. The number of anilines is 2. The van der Waals surface area contributed by atoms with Crippen molar-refractivity contribution >= 4 is 28.3 Å². The Morgan fingerprint density at radius 1 is 1.33 bits per heavy atom. The number of pyridine rings is 1.